The highest BCUT2D eigenvalue weighted by Crippen LogP contribution is 2.33. The zero-order valence-electron chi connectivity index (χ0n) is 9.25. The number of carbonyl (C=O) groups excluding carboxylic acids is 1. The minimum absolute atomic E-state index is 0.0646. The van der Waals surface area contributed by atoms with Crippen LogP contribution in [0.1, 0.15) is 5.56 Å². The normalized spacial score (nSPS) is 12.2. The Morgan fingerprint density at radius 3 is 2.58 bits per heavy atom. The molecule has 104 valence electrons. The lowest BCUT2D eigenvalue weighted by molar-refractivity contribution is -0.137. The molecule has 0 aliphatic heterocycles. The Kier molecular flexibility index (Phi) is 4.62. The molecule has 5 N–H and O–H groups in total. The Bertz CT molecular complexity index is 517. The van der Waals surface area contributed by atoms with Crippen LogP contribution in [0.3, 0.4) is 0 Å². The topological polar surface area (TPSA) is 87.4 Å². The van der Waals surface area contributed by atoms with E-state index in [-0.39, 0.29) is 16.5 Å². The van der Waals surface area contributed by atoms with Gasteiger partial charge in [-0.1, -0.05) is 11.6 Å². The van der Waals surface area contributed by atoms with Gasteiger partial charge in [-0.15, -0.1) is 0 Å². The van der Waals surface area contributed by atoms with Gasteiger partial charge in [0.15, 0.2) is 0 Å². The summed E-state index contributed by atoms with van der Waals surface area (Å²) in [6, 6.07) is 2.49. The molecule has 0 aliphatic carbocycles. The van der Waals surface area contributed by atoms with Gasteiger partial charge in [0.2, 0.25) is 0 Å². The summed E-state index contributed by atoms with van der Waals surface area (Å²) in [6.07, 6.45) is -3.80. The van der Waals surface area contributed by atoms with Gasteiger partial charge in [0, 0.05) is 6.08 Å². The van der Waals surface area contributed by atoms with E-state index in [0.717, 1.165) is 18.2 Å². The number of nitrogens with one attached hydrogen (secondary N) is 2. The van der Waals surface area contributed by atoms with Crippen molar-refractivity contribution in [3.63, 3.8) is 0 Å². The lowest BCUT2D eigenvalue weighted by atomic mass is 10.2. The molecule has 5 nitrogen and oxygen atoms in total. The van der Waals surface area contributed by atoms with Crippen molar-refractivity contribution in [2.24, 2.45) is 5.73 Å². The van der Waals surface area contributed by atoms with Gasteiger partial charge in [-0.3, -0.25) is 15.5 Å². The van der Waals surface area contributed by atoms with Gasteiger partial charge in [-0.25, -0.2) is 0 Å². The number of hydrogen-bond acceptors (Lipinski definition) is 4. The van der Waals surface area contributed by atoms with Gasteiger partial charge in [0.05, 0.1) is 16.3 Å². The fourth-order valence-corrected chi connectivity index (χ4v) is 1.30. The van der Waals surface area contributed by atoms with Crippen molar-refractivity contribution in [1.29, 1.82) is 0 Å². The second-order valence-corrected chi connectivity index (χ2v) is 3.80. The third kappa shape index (κ3) is 4.34. The summed E-state index contributed by atoms with van der Waals surface area (Å²) < 4.78 is 37.4. The molecule has 0 heterocycles. The number of hydrogen-bond donors (Lipinski definition) is 4. The number of halogens is 4. The number of amides is 1. The molecule has 9 heteroatoms. The summed E-state index contributed by atoms with van der Waals surface area (Å²) in [5.74, 6) is -1.22. The number of nitrogens with two attached hydrogens (primary N) is 1. The number of benzene rings is 1. The largest absolute Gasteiger partial charge is 0.416 e. The van der Waals surface area contributed by atoms with Crippen LogP contribution in [-0.4, -0.2) is 11.1 Å². The van der Waals surface area contributed by atoms with E-state index >= 15 is 0 Å². The van der Waals surface area contributed by atoms with Crippen LogP contribution < -0.4 is 16.5 Å². The number of anilines is 1. The summed E-state index contributed by atoms with van der Waals surface area (Å²) in [6.45, 7) is 0. The average Bonchev–Trinajstić information content (AvgIpc) is 2.30. The van der Waals surface area contributed by atoms with E-state index < -0.39 is 17.6 Å². The van der Waals surface area contributed by atoms with Crippen molar-refractivity contribution in [1.82, 2.24) is 5.48 Å². The van der Waals surface area contributed by atoms with Crippen LogP contribution in [0.15, 0.2) is 30.1 Å². The van der Waals surface area contributed by atoms with E-state index in [0.29, 0.717) is 6.07 Å². The fraction of sp³-hybridized carbons (Fsp3) is 0.100. The average molecular weight is 296 g/mol. The zero-order chi connectivity index (χ0) is 14.6. The summed E-state index contributed by atoms with van der Waals surface area (Å²) in [7, 11) is 0. The highest BCUT2D eigenvalue weighted by Gasteiger charge is 2.31. The van der Waals surface area contributed by atoms with Crippen LogP contribution in [0.4, 0.5) is 18.9 Å². The molecule has 0 radical (unpaired) electrons. The predicted octanol–water partition coefficient (Wildman–Crippen LogP) is 2.08. The lowest BCUT2D eigenvalue weighted by Gasteiger charge is -2.10. The van der Waals surface area contributed by atoms with Gasteiger partial charge in [0.25, 0.3) is 5.91 Å². The second-order valence-electron chi connectivity index (χ2n) is 3.39. The van der Waals surface area contributed by atoms with Crippen LogP contribution in [0.5, 0.6) is 0 Å². The molecule has 0 unspecified atom stereocenters. The molecule has 0 atom stereocenters. The third-order valence-electron chi connectivity index (χ3n) is 1.97. The molecule has 0 aliphatic rings. The molecule has 19 heavy (non-hydrogen) atoms. The molecule has 1 rings (SSSR count). The van der Waals surface area contributed by atoms with Crippen molar-refractivity contribution >= 4 is 23.2 Å². The van der Waals surface area contributed by atoms with Gasteiger partial charge in [-0.05, 0) is 18.2 Å². The van der Waals surface area contributed by atoms with E-state index in [1.165, 1.54) is 5.48 Å². The van der Waals surface area contributed by atoms with Gasteiger partial charge in [-0.2, -0.15) is 13.2 Å². The van der Waals surface area contributed by atoms with E-state index in [1.54, 1.807) is 0 Å². The summed E-state index contributed by atoms with van der Waals surface area (Å²) in [5.41, 5.74) is 5.41. The molecule has 0 saturated heterocycles. The Morgan fingerprint density at radius 2 is 2.05 bits per heavy atom. The van der Waals surface area contributed by atoms with Crippen molar-refractivity contribution in [3.05, 3.63) is 40.7 Å². The van der Waals surface area contributed by atoms with Crippen molar-refractivity contribution in [2.75, 3.05) is 5.32 Å². The maximum absolute atomic E-state index is 12.5. The quantitative estimate of drug-likeness (QED) is 0.508. The highest BCUT2D eigenvalue weighted by molar-refractivity contribution is 6.33. The van der Waals surface area contributed by atoms with Gasteiger partial charge in [0.1, 0.15) is 5.82 Å². The van der Waals surface area contributed by atoms with Crippen LogP contribution in [0.25, 0.3) is 0 Å². The van der Waals surface area contributed by atoms with Crippen molar-refractivity contribution in [2.45, 2.75) is 6.18 Å². The predicted molar refractivity (Wildman–Crippen MR) is 62.3 cm³/mol. The molecular weight excluding hydrogens is 287 g/mol. The Balaban J connectivity index is 2.98. The Morgan fingerprint density at radius 1 is 1.42 bits per heavy atom. The molecule has 0 saturated carbocycles. The molecule has 0 bridgehead atoms. The zero-order valence-corrected chi connectivity index (χ0v) is 10.0. The van der Waals surface area contributed by atoms with Gasteiger partial charge < -0.3 is 11.1 Å². The lowest BCUT2D eigenvalue weighted by Crippen LogP contribution is -2.19. The minimum atomic E-state index is -4.55. The first-order valence-electron chi connectivity index (χ1n) is 4.79. The van der Waals surface area contributed by atoms with E-state index in [9.17, 15) is 18.0 Å². The molecular formula is C10H9ClF3N3O2. The first kappa shape index (κ1) is 15.1. The van der Waals surface area contributed by atoms with Gasteiger partial charge >= 0.3 is 6.18 Å². The van der Waals surface area contributed by atoms with Crippen LogP contribution in [0.2, 0.25) is 5.02 Å². The number of rotatable bonds is 3. The Labute approximate surface area is 110 Å². The molecule has 1 aromatic rings. The van der Waals surface area contributed by atoms with Crippen molar-refractivity contribution in [3.8, 4) is 0 Å². The fourth-order valence-electron chi connectivity index (χ4n) is 1.14. The molecule has 0 fully saturated rings. The smallest absolute Gasteiger partial charge is 0.384 e. The first-order valence-corrected chi connectivity index (χ1v) is 5.17. The van der Waals surface area contributed by atoms with Crippen LogP contribution in [0, 0.1) is 0 Å². The van der Waals surface area contributed by atoms with E-state index in [4.69, 9.17) is 22.5 Å². The second kappa shape index (κ2) is 5.81. The maximum atomic E-state index is 12.5. The number of carbonyl (C=O) groups is 1. The van der Waals surface area contributed by atoms with E-state index in [1.807, 2.05) is 0 Å². The molecule has 1 amide bonds. The monoisotopic (exact) mass is 295 g/mol. The standard InChI is InChI=1S/C10H9ClF3N3O2/c11-6-2-1-5(10(12,13)14)3-7(6)16-9(18)4-8(15)17-19/h1-4,17,19H,15H2,(H,16,18). The maximum Gasteiger partial charge on any atom is 0.416 e. The molecule has 0 spiro atoms. The SMILES string of the molecule is NC(=CC(=O)Nc1cc(C(F)(F)F)ccc1Cl)NO. The molecule has 1 aromatic carbocycles. The van der Waals surface area contributed by atoms with Crippen LogP contribution in [-0.2, 0) is 11.0 Å². The highest BCUT2D eigenvalue weighted by atomic mass is 35.5. The Hall–Kier alpha value is -1.93. The van der Waals surface area contributed by atoms with E-state index in [2.05, 4.69) is 5.32 Å². The van der Waals surface area contributed by atoms with Crippen LogP contribution >= 0.6 is 11.6 Å². The third-order valence-corrected chi connectivity index (χ3v) is 2.30. The summed E-state index contributed by atoms with van der Waals surface area (Å²) in [4.78, 5) is 11.3. The number of alkyl halides is 3. The molecule has 0 aromatic heterocycles. The summed E-state index contributed by atoms with van der Waals surface area (Å²) >= 11 is 5.66. The minimum Gasteiger partial charge on any atom is -0.384 e. The first-order chi connectivity index (χ1) is 8.74. The summed E-state index contributed by atoms with van der Waals surface area (Å²) in [5, 5.41) is 10.4. The van der Waals surface area contributed by atoms with Crippen molar-refractivity contribution < 1.29 is 23.2 Å². The number of hydroxylamine groups is 1.